The van der Waals surface area contributed by atoms with Crippen molar-refractivity contribution in [2.24, 2.45) is 5.92 Å². The highest BCUT2D eigenvalue weighted by atomic mass is 31.1. The summed E-state index contributed by atoms with van der Waals surface area (Å²) in [5, 5.41) is 1.64. The molecule has 0 spiro atoms. The van der Waals surface area contributed by atoms with Crippen LogP contribution in [0.3, 0.4) is 0 Å². The minimum atomic E-state index is -0.168. The van der Waals surface area contributed by atoms with Crippen LogP contribution in [0.25, 0.3) is 5.31 Å². The smallest absolute Gasteiger partial charge is 0.0173 e. The van der Waals surface area contributed by atoms with Crippen molar-refractivity contribution in [3.8, 4) is 0 Å². The zero-order valence-corrected chi connectivity index (χ0v) is 15.5. The molecule has 0 fully saturated rings. The lowest BCUT2D eigenvalue weighted by atomic mass is 9.95. The van der Waals surface area contributed by atoms with Crippen LogP contribution in [-0.2, 0) is 0 Å². The molecule has 118 valence electrons. The van der Waals surface area contributed by atoms with Crippen LogP contribution in [0, 0.1) is 5.92 Å². The minimum Gasteiger partial charge on any atom is -0.0735 e. The third-order valence-electron chi connectivity index (χ3n) is 4.25. The molecule has 1 aliphatic carbocycles. The monoisotopic (exact) mass is 312 g/mol. The highest BCUT2D eigenvalue weighted by Gasteiger charge is 2.27. The molecular weight excluding hydrogens is 283 g/mol. The van der Waals surface area contributed by atoms with Gasteiger partial charge in [0.25, 0.3) is 0 Å². The van der Waals surface area contributed by atoms with E-state index in [0.29, 0.717) is 17.2 Å². The molecule has 0 N–H and O–H groups in total. The number of hydrogen-bond acceptors (Lipinski definition) is 0. The Labute approximate surface area is 137 Å². The average molecular weight is 312 g/mol. The Bertz CT molecular complexity index is 541. The number of benzene rings is 1. The van der Waals surface area contributed by atoms with Gasteiger partial charge in [0.1, 0.15) is 0 Å². The zero-order valence-electron chi connectivity index (χ0n) is 14.6. The van der Waals surface area contributed by atoms with Crippen LogP contribution in [0.1, 0.15) is 46.6 Å². The Morgan fingerprint density at radius 1 is 0.955 bits per heavy atom. The number of allylic oxidation sites excluding steroid dienone is 5. The molecule has 22 heavy (non-hydrogen) atoms. The van der Waals surface area contributed by atoms with Crippen LogP contribution in [0.5, 0.6) is 0 Å². The predicted octanol–water partition coefficient (Wildman–Crippen LogP) is 6.85. The summed E-state index contributed by atoms with van der Waals surface area (Å²) in [5.74, 6) is 0.489. The molecule has 0 atom stereocenters. The van der Waals surface area contributed by atoms with Crippen LogP contribution in [0.15, 0.2) is 60.2 Å². The topological polar surface area (TPSA) is 0 Å². The quantitative estimate of drug-likeness (QED) is 0.504. The van der Waals surface area contributed by atoms with E-state index in [1.54, 1.807) is 10.9 Å². The molecule has 1 heteroatoms. The van der Waals surface area contributed by atoms with Gasteiger partial charge in [-0.15, -0.1) is 0 Å². The summed E-state index contributed by atoms with van der Waals surface area (Å²) in [4.78, 5) is 0. The first-order valence-electron chi connectivity index (χ1n) is 8.48. The fraction of sp³-hybridized carbons (Fsp3) is 0.429. The molecule has 1 aliphatic rings. The Balaban J connectivity index is 2.63. The Morgan fingerprint density at radius 3 is 1.95 bits per heavy atom. The van der Waals surface area contributed by atoms with Crippen molar-refractivity contribution in [2.45, 2.75) is 52.4 Å². The third-order valence-corrected chi connectivity index (χ3v) is 7.54. The normalized spacial score (nSPS) is 16.2. The van der Waals surface area contributed by atoms with Gasteiger partial charge < -0.3 is 0 Å². The molecule has 0 nitrogen and oxygen atoms in total. The minimum absolute atomic E-state index is 0.168. The van der Waals surface area contributed by atoms with E-state index in [1.807, 2.05) is 0 Å². The molecule has 0 heterocycles. The Kier molecular flexibility index (Phi) is 6.21. The van der Waals surface area contributed by atoms with Gasteiger partial charge in [-0.25, -0.2) is 0 Å². The van der Waals surface area contributed by atoms with Crippen molar-refractivity contribution >= 4 is 13.2 Å². The van der Waals surface area contributed by atoms with Crippen molar-refractivity contribution in [1.82, 2.24) is 0 Å². The summed E-state index contributed by atoms with van der Waals surface area (Å²) in [7, 11) is -0.168. The molecular formula is C21H29P. The molecule has 0 aliphatic heterocycles. The maximum Gasteiger partial charge on any atom is 0.0173 e. The van der Waals surface area contributed by atoms with Gasteiger partial charge in [-0.2, -0.15) is 0 Å². The van der Waals surface area contributed by atoms with Gasteiger partial charge in [0.15, 0.2) is 0 Å². The van der Waals surface area contributed by atoms with Gasteiger partial charge >= 0.3 is 0 Å². The van der Waals surface area contributed by atoms with Gasteiger partial charge in [0.2, 0.25) is 0 Å². The lowest BCUT2D eigenvalue weighted by Gasteiger charge is -2.32. The summed E-state index contributed by atoms with van der Waals surface area (Å²) >= 11 is 0. The molecule has 1 aromatic rings. The summed E-state index contributed by atoms with van der Waals surface area (Å²) in [6, 6.07) is 11.1. The van der Waals surface area contributed by atoms with Gasteiger partial charge in [-0.3, -0.25) is 0 Å². The molecule has 0 radical (unpaired) electrons. The van der Waals surface area contributed by atoms with Crippen LogP contribution in [0.4, 0.5) is 0 Å². The van der Waals surface area contributed by atoms with Crippen LogP contribution in [-0.4, -0.2) is 11.3 Å². The molecule has 1 aromatic carbocycles. The van der Waals surface area contributed by atoms with E-state index in [9.17, 15) is 0 Å². The van der Waals surface area contributed by atoms with E-state index in [2.05, 4.69) is 89.3 Å². The maximum atomic E-state index is 2.39. The molecule has 0 unspecified atom stereocenters. The standard InChI is InChI=1S/C21H29P/c1-6-20(18-12-10-11-13-18)21(19-14-8-7-9-15-19)22(16(2)3)17(4)5/h7-18H,6H2,1-5H3. The van der Waals surface area contributed by atoms with Crippen molar-refractivity contribution in [1.29, 1.82) is 0 Å². The zero-order chi connectivity index (χ0) is 16.1. The molecule has 0 saturated carbocycles. The largest absolute Gasteiger partial charge is 0.0735 e. The van der Waals surface area contributed by atoms with Crippen molar-refractivity contribution in [2.75, 3.05) is 0 Å². The van der Waals surface area contributed by atoms with Crippen LogP contribution < -0.4 is 0 Å². The molecule has 0 amide bonds. The molecule has 0 bridgehead atoms. The Morgan fingerprint density at radius 2 is 1.50 bits per heavy atom. The average Bonchev–Trinajstić information content (AvgIpc) is 3.01. The van der Waals surface area contributed by atoms with Crippen LogP contribution in [0.2, 0.25) is 0 Å². The number of hydrogen-bond donors (Lipinski definition) is 0. The van der Waals surface area contributed by atoms with E-state index in [-0.39, 0.29) is 7.92 Å². The first kappa shape index (κ1) is 17.2. The lowest BCUT2D eigenvalue weighted by Crippen LogP contribution is -2.09. The summed E-state index contributed by atoms with van der Waals surface area (Å²) in [6.07, 6.45) is 10.2. The SMILES string of the molecule is CCC(=C(c1ccccc1)P(C(C)C)C(C)C)C1C=CC=C1. The van der Waals surface area contributed by atoms with Crippen molar-refractivity contribution in [3.63, 3.8) is 0 Å². The molecule has 0 saturated heterocycles. The second kappa shape index (κ2) is 7.93. The van der Waals surface area contributed by atoms with E-state index < -0.39 is 0 Å². The second-order valence-corrected chi connectivity index (χ2v) is 9.81. The highest BCUT2D eigenvalue weighted by molar-refractivity contribution is 7.69. The van der Waals surface area contributed by atoms with Crippen molar-refractivity contribution < 1.29 is 0 Å². The predicted molar refractivity (Wildman–Crippen MR) is 103 cm³/mol. The van der Waals surface area contributed by atoms with E-state index in [4.69, 9.17) is 0 Å². The fourth-order valence-corrected chi connectivity index (χ4v) is 6.75. The highest BCUT2D eigenvalue weighted by Crippen LogP contribution is 2.60. The fourth-order valence-electron chi connectivity index (χ4n) is 3.43. The van der Waals surface area contributed by atoms with Gasteiger partial charge in [-0.1, -0.05) is 103 Å². The summed E-state index contributed by atoms with van der Waals surface area (Å²) < 4.78 is 0. The second-order valence-electron chi connectivity index (χ2n) is 6.48. The van der Waals surface area contributed by atoms with Crippen LogP contribution >= 0.6 is 7.92 Å². The van der Waals surface area contributed by atoms with Crippen molar-refractivity contribution in [3.05, 3.63) is 65.8 Å². The first-order chi connectivity index (χ1) is 10.6. The third kappa shape index (κ3) is 3.79. The van der Waals surface area contributed by atoms with Gasteiger partial charge in [0.05, 0.1) is 0 Å². The van der Waals surface area contributed by atoms with Gasteiger partial charge in [0, 0.05) is 5.92 Å². The van der Waals surface area contributed by atoms with E-state index >= 15 is 0 Å². The summed E-state index contributed by atoms with van der Waals surface area (Å²) in [5.41, 5.74) is 4.47. The first-order valence-corrected chi connectivity index (χ1v) is 9.96. The molecule has 0 aromatic heterocycles. The van der Waals surface area contributed by atoms with E-state index in [1.165, 1.54) is 5.56 Å². The number of rotatable bonds is 6. The van der Waals surface area contributed by atoms with E-state index in [0.717, 1.165) is 6.42 Å². The lowest BCUT2D eigenvalue weighted by molar-refractivity contribution is 0.903. The maximum absolute atomic E-state index is 2.39. The van der Waals surface area contributed by atoms with Gasteiger partial charge in [-0.05, 0) is 28.6 Å². The molecule has 2 rings (SSSR count). The summed E-state index contributed by atoms with van der Waals surface area (Å²) in [6.45, 7) is 11.9. The Hall–Kier alpha value is -1.13.